The van der Waals surface area contributed by atoms with Crippen LogP contribution in [0.1, 0.15) is 37.5 Å². The molecule has 2 aliphatic rings. The van der Waals surface area contributed by atoms with Gasteiger partial charge in [-0.15, -0.1) is 10.2 Å². The Labute approximate surface area is 146 Å². The summed E-state index contributed by atoms with van der Waals surface area (Å²) in [6.45, 7) is 4.64. The fourth-order valence-corrected chi connectivity index (χ4v) is 5.67. The molecule has 1 aromatic carbocycles. The zero-order valence-corrected chi connectivity index (χ0v) is 15.0. The number of carbonyl (C=O) groups excluding carboxylic acids is 1. The molecule has 0 saturated heterocycles. The average Bonchev–Trinajstić information content (AvgIpc) is 3.34. The molecule has 0 bridgehead atoms. The Hall–Kier alpha value is -2.22. The fourth-order valence-electron chi connectivity index (χ4n) is 3.71. The molecule has 2 heterocycles. The first-order valence-corrected chi connectivity index (χ1v) is 9.84. The predicted octanol–water partition coefficient (Wildman–Crippen LogP) is 1.50. The van der Waals surface area contributed by atoms with E-state index in [0.717, 1.165) is 5.82 Å². The Morgan fingerprint density at radius 1 is 1.20 bits per heavy atom. The minimum absolute atomic E-state index is 0.0259. The number of benzene rings is 1. The molecule has 1 aliphatic carbocycles. The first-order valence-electron chi connectivity index (χ1n) is 8.36. The van der Waals surface area contributed by atoms with Crippen LogP contribution in [-0.2, 0) is 21.2 Å². The van der Waals surface area contributed by atoms with Crippen LogP contribution in [0.5, 0.6) is 0 Å². The number of rotatable bonds is 3. The Morgan fingerprint density at radius 2 is 1.88 bits per heavy atom. The summed E-state index contributed by atoms with van der Waals surface area (Å²) in [5.74, 6) is 1.21. The number of hydrogen-bond donors (Lipinski definition) is 0. The van der Waals surface area contributed by atoms with Gasteiger partial charge in [0.1, 0.15) is 5.82 Å². The van der Waals surface area contributed by atoms with Gasteiger partial charge in [-0.05, 0) is 38.8 Å². The van der Waals surface area contributed by atoms with E-state index in [9.17, 15) is 13.2 Å². The SMILES string of the molecule is Cc1nnc2n1[C@@H](C)CN(C(=O)C1(S(=O)(=O)c3ccccc3)CC1)C2. The lowest BCUT2D eigenvalue weighted by molar-refractivity contribution is -0.133. The van der Waals surface area contributed by atoms with E-state index < -0.39 is 14.6 Å². The topological polar surface area (TPSA) is 85.2 Å². The van der Waals surface area contributed by atoms with Crippen molar-refractivity contribution in [2.75, 3.05) is 6.54 Å². The van der Waals surface area contributed by atoms with Crippen molar-refractivity contribution in [1.82, 2.24) is 19.7 Å². The molecule has 4 rings (SSSR count). The van der Waals surface area contributed by atoms with Gasteiger partial charge in [0.2, 0.25) is 5.91 Å². The third-order valence-electron chi connectivity index (χ3n) is 5.14. The molecule has 1 aliphatic heterocycles. The minimum Gasteiger partial charge on any atom is -0.332 e. The third-order valence-corrected chi connectivity index (χ3v) is 7.65. The highest BCUT2D eigenvalue weighted by molar-refractivity contribution is 7.94. The van der Waals surface area contributed by atoms with Gasteiger partial charge in [0, 0.05) is 6.54 Å². The molecule has 0 N–H and O–H groups in total. The number of hydrogen-bond acceptors (Lipinski definition) is 5. The Kier molecular flexibility index (Phi) is 3.50. The normalized spacial score (nSPS) is 21.7. The molecule has 1 fully saturated rings. The van der Waals surface area contributed by atoms with Crippen LogP contribution in [0.2, 0.25) is 0 Å². The number of nitrogens with zero attached hydrogens (tertiary/aromatic N) is 4. The second kappa shape index (κ2) is 5.39. The Balaban J connectivity index is 1.66. The average molecular weight is 360 g/mol. The van der Waals surface area contributed by atoms with Crippen LogP contribution < -0.4 is 0 Å². The minimum atomic E-state index is -3.70. The quantitative estimate of drug-likeness (QED) is 0.828. The van der Waals surface area contributed by atoms with Crippen LogP contribution in [0.4, 0.5) is 0 Å². The first-order chi connectivity index (χ1) is 11.9. The van der Waals surface area contributed by atoms with Crippen LogP contribution in [0.25, 0.3) is 0 Å². The lowest BCUT2D eigenvalue weighted by atomic mass is 10.2. The van der Waals surface area contributed by atoms with Gasteiger partial charge in [-0.2, -0.15) is 0 Å². The molecule has 132 valence electrons. The smallest absolute Gasteiger partial charge is 0.244 e. The van der Waals surface area contributed by atoms with Crippen molar-refractivity contribution in [2.24, 2.45) is 0 Å². The van der Waals surface area contributed by atoms with Gasteiger partial charge < -0.3 is 9.47 Å². The zero-order chi connectivity index (χ0) is 17.8. The Morgan fingerprint density at radius 3 is 2.52 bits per heavy atom. The van der Waals surface area contributed by atoms with Gasteiger partial charge >= 0.3 is 0 Å². The van der Waals surface area contributed by atoms with E-state index in [1.807, 2.05) is 18.4 Å². The highest BCUT2D eigenvalue weighted by Gasteiger charge is 2.62. The molecule has 2 aromatic rings. The molecule has 1 saturated carbocycles. The Bertz CT molecular complexity index is 932. The maximum absolute atomic E-state index is 13.2. The van der Waals surface area contributed by atoms with Crippen molar-refractivity contribution in [3.05, 3.63) is 42.0 Å². The molecule has 1 atom stereocenters. The molecular weight excluding hydrogens is 340 g/mol. The molecular formula is C17H20N4O3S. The number of aromatic nitrogens is 3. The first kappa shape index (κ1) is 16.3. The summed E-state index contributed by atoms with van der Waals surface area (Å²) < 4.78 is 26.8. The largest absolute Gasteiger partial charge is 0.332 e. The van der Waals surface area contributed by atoms with Crippen molar-refractivity contribution in [3.63, 3.8) is 0 Å². The predicted molar refractivity (Wildman–Crippen MR) is 90.5 cm³/mol. The second-order valence-electron chi connectivity index (χ2n) is 6.88. The van der Waals surface area contributed by atoms with E-state index >= 15 is 0 Å². The molecule has 0 unspecified atom stereocenters. The van der Waals surface area contributed by atoms with E-state index in [1.165, 1.54) is 0 Å². The summed E-state index contributed by atoms with van der Waals surface area (Å²) >= 11 is 0. The van der Waals surface area contributed by atoms with Crippen LogP contribution in [0.3, 0.4) is 0 Å². The van der Waals surface area contributed by atoms with Crippen LogP contribution in [0.15, 0.2) is 35.2 Å². The molecule has 0 spiro atoms. The second-order valence-corrected chi connectivity index (χ2v) is 9.14. The number of aryl methyl sites for hydroxylation is 1. The summed E-state index contributed by atoms with van der Waals surface area (Å²) in [6, 6.07) is 8.27. The number of sulfone groups is 1. The molecule has 1 amide bonds. The van der Waals surface area contributed by atoms with Gasteiger partial charge in [0.15, 0.2) is 20.4 Å². The standard InChI is InChI=1S/C17H20N4O3S/c1-12-10-20(11-15-19-18-13(2)21(12)15)16(22)17(8-9-17)25(23,24)14-6-4-3-5-7-14/h3-7,12H,8-11H2,1-2H3/t12-/m0/s1. The summed E-state index contributed by atoms with van der Waals surface area (Å²) in [4.78, 5) is 15.0. The summed E-state index contributed by atoms with van der Waals surface area (Å²) in [5.41, 5.74) is 0. The van der Waals surface area contributed by atoms with Gasteiger partial charge in [0.05, 0.1) is 17.5 Å². The molecule has 7 nitrogen and oxygen atoms in total. The monoisotopic (exact) mass is 360 g/mol. The van der Waals surface area contributed by atoms with Gasteiger partial charge in [-0.3, -0.25) is 4.79 Å². The maximum atomic E-state index is 13.2. The lowest BCUT2D eigenvalue weighted by Crippen LogP contribution is -2.48. The third kappa shape index (κ3) is 2.31. The van der Waals surface area contributed by atoms with Crippen molar-refractivity contribution in [3.8, 4) is 0 Å². The van der Waals surface area contributed by atoms with E-state index in [-0.39, 0.29) is 16.8 Å². The van der Waals surface area contributed by atoms with Gasteiger partial charge in [-0.25, -0.2) is 8.42 Å². The van der Waals surface area contributed by atoms with Gasteiger partial charge in [-0.1, -0.05) is 18.2 Å². The fraction of sp³-hybridized carbons (Fsp3) is 0.471. The van der Waals surface area contributed by atoms with E-state index in [1.54, 1.807) is 35.2 Å². The maximum Gasteiger partial charge on any atom is 0.244 e. The van der Waals surface area contributed by atoms with Crippen molar-refractivity contribution >= 4 is 15.7 Å². The summed E-state index contributed by atoms with van der Waals surface area (Å²) in [5, 5.41) is 8.21. The molecule has 1 aromatic heterocycles. The van der Waals surface area contributed by atoms with Gasteiger partial charge in [0.25, 0.3) is 0 Å². The van der Waals surface area contributed by atoms with E-state index in [4.69, 9.17) is 0 Å². The van der Waals surface area contributed by atoms with Crippen molar-refractivity contribution < 1.29 is 13.2 Å². The lowest BCUT2D eigenvalue weighted by Gasteiger charge is -2.34. The van der Waals surface area contributed by atoms with Crippen molar-refractivity contribution in [1.29, 1.82) is 0 Å². The molecule has 25 heavy (non-hydrogen) atoms. The van der Waals surface area contributed by atoms with Crippen LogP contribution >= 0.6 is 0 Å². The molecule has 8 heteroatoms. The molecule has 0 radical (unpaired) electrons. The highest BCUT2D eigenvalue weighted by Crippen LogP contribution is 2.48. The summed E-state index contributed by atoms with van der Waals surface area (Å²) in [7, 11) is -3.70. The van der Waals surface area contributed by atoms with Crippen LogP contribution in [-0.4, -0.2) is 45.3 Å². The number of carbonyl (C=O) groups is 1. The number of amides is 1. The zero-order valence-electron chi connectivity index (χ0n) is 14.2. The number of fused-ring (bicyclic) bond motifs is 1. The van der Waals surface area contributed by atoms with E-state index in [0.29, 0.717) is 31.8 Å². The van der Waals surface area contributed by atoms with Crippen molar-refractivity contribution in [2.45, 2.75) is 48.9 Å². The van der Waals surface area contributed by atoms with E-state index in [2.05, 4.69) is 10.2 Å². The van der Waals surface area contributed by atoms with Crippen LogP contribution in [0, 0.1) is 6.92 Å². The summed E-state index contributed by atoms with van der Waals surface area (Å²) in [6.07, 6.45) is 0.749. The highest BCUT2D eigenvalue weighted by atomic mass is 32.2.